The summed E-state index contributed by atoms with van der Waals surface area (Å²) in [7, 11) is 9.03. The predicted octanol–water partition coefficient (Wildman–Crippen LogP) is 4.35. The topological polar surface area (TPSA) is 30.7 Å². The van der Waals surface area contributed by atoms with Crippen molar-refractivity contribution < 1.29 is 18.8 Å². The smallest absolute Gasteiger partial charge is 0.199 e. The van der Waals surface area contributed by atoms with E-state index in [-0.39, 0.29) is 0 Å². The highest BCUT2D eigenvalue weighted by Gasteiger charge is 2.21. The fourth-order valence-electron chi connectivity index (χ4n) is 3.24. The van der Waals surface area contributed by atoms with Crippen molar-refractivity contribution >= 4 is 11.3 Å². The molecular weight excluding hydrogens is 350 g/mol. The van der Waals surface area contributed by atoms with Crippen LogP contribution in [-0.4, -0.2) is 45.7 Å². The number of rotatable bonds is 5. The van der Waals surface area contributed by atoms with Crippen LogP contribution in [0.3, 0.4) is 0 Å². The van der Waals surface area contributed by atoms with Crippen molar-refractivity contribution in [3.05, 3.63) is 83.5 Å². The van der Waals surface area contributed by atoms with Gasteiger partial charge in [0, 0.05) is 29.9 Å². The van der Waals surface area contributed by atoms with Gasteiger partial charge in [0.25, 0.3) is 0 Å². The Morgan fingerprint density at radius 1 is 0.750 bits per heavy atom. The molecule has 0 N–H and O–H groups in total. The highest BCUT2D eigenvalue weighted by Crippen LogP contribution is 2.43. The number of methoxy groups -OCH3 is 3. The number of benzene rings is 2. The van der Waals surface area contributed by atoms with E-state index in [4.69, 9.17) is 14.2 Å². The van der Waals surface area contributed by atoms with Gasteiger partial charge >= 0.3 is 0 Å². The summed E-state index contributed by atoms with van der Waals surface area (Å²) in [5.74, 6) is 2.09. The van der Waals surface area contributed by atoms with E-state index < -0.39 is 0 Å². The van der Waals surface area contributed by atoms with Gasteiger partial charge in [-0.3, -0.25) is 0 Å². The van der Waals surface area contributed by atoms with Gasteiger partial charge in [-0.2, -0.15) is 0 Å². The summed E-state index contributed by atoms with van der Waals surface area (Å²) in [6, 6.07) is 14.0. The van der Waals surface area contributed by atoms with Crippen molar-refractivity contribution in [1.29, 1.82) is 0 Å². The molecule has 0 bridgehead atoms. The van der Waals surface area contributed by atoms with Crippen molar-refractivity contribution in [2.24, 2.45) is 0 Å². The summed E-state index contributed by atoms with van der Waals surface area (Å²) in [4.78, 5) is 0. The highest BCUT2D eigenvalue weighted by atomic mass is 16.5. The van der Waals surface area contributed by atoms with Gasteiger partial charge in [-0.15, -0.1) is 0 Å². The Labute approximate surface area is 166 Å². The predicted molar refractivity (Wildman–Crippen MR) is 114 cm³/mol. The van der Waals surface area contributed by atoms with Crippen LogP contribution in [0.2, 0.25) is 0 Å². The van der Waals surface area contributed by atoms with Crippen molar-refractivity contribution in [2.45, 2.75) is 0 Å². The standard InChI is InChI=1S/C24H26NO3/c1-25(2)19-13-11-18(12-14-19)23(17-9-7-6-8-10-17)24-21(27-4)15-20(26-3)16-22(24)28-5/h6-16H,1-5H3/q+1. The quantitative estimate of drug-likeness (QED) is 0.727. The summed E-state index contributed by atoms with van der Waals surface area (Å²) < 4.78 is 19.0. The minimum absolute atomic E-state index is 0.688. The fourth-order valence-corrected chi connectivity index (χ4v) is 3.24. The maximum Gasteiger partial charge on any atom is 0.199 e. The van der Waals surface area contributed by atoms with Crippen LogP contribution in [0.5, 0.6) is 17.2 Å². The lowest BCUT2D eigenvalue weighted by Gasteiger charge is -2.20. The lowest BCUT2D eigenvalue weighted by molar-refractivity contribution is -0.462. The van der Waals surface area contributed by atoms with Crippen LogP contribution in [0, 0.1) is 0 Å². The molecule has 0 saturated carbocycles. The summed E-state index contributed by atoms with van der Waals surface area (Å²) in [6.07, 6.45) is 8.48. The Hall–Kier alpha value is -3.27. The molecule has 0 radical (unpaired) electrons. The van der Waals surface area contributed by atoms with E-state index in [1.165, 1.54) is 0 Å². The maximum absolute atomic E-state index is 5.73. The van der Waals surface area contributed by atoms with E-state index in [1.807, 2.05) is 44.4 Å². The van der Waals surface area contributed by atoms with Crippen LogP contribution in [0.1, 0.15) is 11.1 Å². The van der Waals surface area contributed by atoms with Gasteiger partial charge in [0.05, 0.1) is 26.9 Å². The normalized spacial score (nSPS) is 12.8. The molecule has 2 aromatic rings. The van der Waals surface area contributed by atoms with Crippen LogP contribution in [-0.2, 0) is 0 Å². The monoisotopic (exact) mass is 376 g/mol. The zero-order valence-electron chi connectivity index (χ0n) is 17.0. The molecule has 3 rings (SSSR count). The van der Waals surface area contributed by atoms with Crippen LogP contribution in [0.15, 0.2) is 72.3 Å². The number of hydrogen-bond donors (Lipinski definition) is 0. The summed E-state index contributed by atoms with van der Waals surface area (Å²) in [5, 5.41) is 0. The van der Waals surface area contributed by atoms with Crippen molar-refractivity contribution in [1.82, 2.24) is 0 Å². The molecule has 0 spiro atoms. The third-order valence-corrected chi connectivity index (χ3v) is 4.70. The SMILES string of the molecule is COc1cc(OC)c(C(=C2C=CC(=[N+](C)C)C=C2)c2ccccc2)c(OC)c1. The molecule has 0 heterocycles. The third kappa shape index (κ3) is 3.86. The first-order valence-electron chi connectivity index (χ1n) is 9.09. The van der Waals surface area contributed by atoms with E-state index in [0.29, 0.717) is 17.2 Å². The molecule has 1 aliphatic rings. The van der Waals surface area contributed by atoms with Gasteiger partial charge in [0.2, 0.25) is 0 Å². The zero-order chi connectivity index (χ0) is 20.1. The molecule has 0 fully saturated rings. The third-order valence-electron chi connectivity index (χ3n) is 4.70. The maximum atomic E-state index is 5.73. The van der Waals surface area contributed by atoms with E-state index in [9.17, 15) is 0 Å². The molecule has 4 heteroatoms. The molecule has 0 unspecified atom stereocenters. The van der Waals surface area contributed by atoms with Crippen LogP contribution in [0.25, 0.3) is 5.57 Å². The lowest BCUT2D eigenvalue weighted by Crippen LogP contribution is -2.10. The molecule has 0 amide bonds. The number of ether oxygens (including phenoxy) is 3. The first-order chi connectivity index (χ1) is 13.6. The Morgan fingerprint density at radius 3 is 1.79 bits per heavy atom. The zero-order valence-corrected chi connectivity index (χ0v) is 17.0. The average molecular weight is 376 g/mol. The van der Waals surface area contributed by atoms with E-state index in [2.05, 4.69) is 41.0 Å². The van der Waals surface area contributed by atoms with E-state index in [1.54, 1.807) is 21.3 Å². The van der Waals surface area contributed by atoms with E-state index in [0.717, 1.165) is 28.0 Å². The molecular formula is C24H26NO3+. The highest BCUT2D eigenvalue weighted by molar-refractivity contribution is 6.04. The minimum atomic E-state index is 0.688. The summed E-state index contributed by atoms with van der Waals surface area (Å²) in [6.45, 7) is 0. The van der Waals surface area contributed by atoms with Gasteiger partial charge in [-0.05, 0) is 23.3 Å². The molecule has 0 aromatic heterocycles. The Bertz CT molecular complexity index is 935. The second kappa shape index (κ2) is 8.61. The molecule has 4 nitrogen and oxygen atoms in total. The van der Waals surface area contributed by atoms with Crippen molar-refractivity contribution in [3.8, 4) is 17.2 Å². The first kappa shape index (κ1) is 19.5. The van der Waals surface area contributed by atoms with Gasteiger partial charge in [0.15, 0.2) is 5.71 Å². The van der Waals surface area contributed by atoms with Gasteiger partial charge in [-0.1, -0.05) is 30.3 Å². The summed E-state index contributed by atoms with van der Waals surface area (Å²) >= 11 is 0. The lowest BCUT2D eigenvalue weighted by atomic mass is 9.89. The number of hydrogen-bond acceptors (Lipinski definition) is 3. The molecule has 2 aromatic carbocycles. The van der Waals surface area contributed by atoms with Gasteiger partial charge < -0.3 is 14.2 Å². The second-order valence-electron chi connectivity index (χ2n) is 6.59. The van der Waals surface area contributed by atoms with Crippen LogP contribution < -0.4 is 14.2 Å². The van der Waals surface area contributed by atoms with Crippen LogP contribution in [0.4, 0.5) is 0 Å². The second-order valence-corrected chi connectivity index (χ2v) is 6.59. The molecule has 0 atom stereocenters. The largest absolute Gasteiger partial charge is 0.496 e. The number of nitrogens with zero attached hydrogens (tertiary/aromatic N) is 1. The summed E-state index contributed by atoms with van der Waals surface area (Å²) in [5.41, 5.74) is 5.25. The average Bonchev–Trinajstić information content (AvgIpc) is 2.74. The van der Waals surface area contributed by atoms with Crippen molar-refractivity contribution in [2.75, 3.05) is 35.4 Å². The Morgan fingerprint density at radius 2 is 1.32 bits per heavy atom. The molecule has 144 valence electrons. The minimum Gasteiger partial charge on any atom is -0.496 e. The van der Waals surface area contributed by atoms with E-state index >= 15 is 0 Å². The first-order valence-corrected chi connectivity index (χ1v) is 9.09. The molecule has 0 aliphatic heterocycles. The Kier molecular flexibility index (Phi) is 5.99. The van der Waals surface area contributed by atoms with Crippen LogP contribution >= 0.6 is 0 Å². The van der Waals surface area contributed by atoms with Crippen molar-refractivity contribution in [3.63, 3.8) is 0 Å². The Balaban J connectivity index is 2.32. The fraction of sp³-hybridized carbons (Fsp3) is 0.208. The molecule has 28 heavy (non-hydrogen) atoms. The van der Waals surface area contributed by atoms with Gasteiger partial charge in [-0.25, -0.2) is 4.58 Å². The van der Waals surface area contributed by atoms with Gasteiger partial charge in [0.1, 0.15) is 31.3 Å². The number of allylic oxidation sites excluding steroid dienone is 5. The molecule has 0 saturated heterocycles. The molecule has 1 aliphatic carbocycles.